The van der Waals surface area contributed by atoms with Gasteiger partial charge in [0.25, 0.3) is 0 Å². The molecule has 3 amide bonds. The molecule has 0 fully saturated rings. The molecule has 7 aromatic heterocycles. The Kier molecular flexibility index (Phi) is 49.3. The molecule has 0 aliphatic heterocycles. The summed E-state index contributed by atoms with van der Waals surface area (Å²) in [6.45, 7) is 20.7. The third-order valence-corrected chi connectivity index (χ3v) is 28.3. The monoisotopic (exact) mass is 2000 g/mol. The van der Waals surface area contributed by atoms with E-state index in [1.165, 1.54) is 41.5 Å². The fourth-order valence-corrected chi connectivity index (χ4v) is 21.3. The van der Waals surface area contributed by atoms with E-state index >= 15 is 0 Å². The standard InChI is InChI=1S/C32H35ClN4O4S4.C32H42ClN3O6S2.C32H44ClN3O6S/c1-37(12-15-41-32(38)35-11-14-40-17-16-39-13-7-3-2-6-10-33)28-20-27-30(45-28)29-26(43-27)19-23(42-29)18-22(21-34)31-36-24-8-4-5-9-25(24)44-31;1-32(2,3)42-30(37)23(22-34)19-25-21-28-29(43-25)26-10-9-24(20-27(26)44-28)36(4)13-16-41-31(38)35-12-15-40-18-17-39-14-8-6-5-7-11-33;1-32(2,3)42-30(37)26(24-34)23-28-13-14-29(43-28)25-9-11-27(12-10-25)36(4)17-20-41-31(38)35-16-19-40-22-21-39-18-8-6-5-7-15-33/h4-5,8-9,18-20H,2-3,6-7,10-17H2,1H3,(H,35,38);9-10,19-21H,5-8,11-18H2,1-4H3,(H,35,38);9-14,23H,5-8,15-22H2,1-4H3,(H,35,38)/b22-18+;23-19+;26-23+. The van der Waals surface area contributed by atoms with Crippen LogP contribution in [0, 0.1) is 34.0 Å². The molecule has 3 N–H and O–H groups in total. The number of anilines is 3. The first-order valence-electron chi connectivity index (χ1n) is 44.1. The van der Waals surface area contributed by atoms with Crippen LogP contribution in [0.4, 0.5) is 30.8 Å². The average molecular weight is 2000 g/mol. The number of aromatic nitrogens is 1. The number of carbonyl (C=O) groups is 5. The lowest BCUT2D eigenvalue weighted by atomic mass is 10.1. The molecule has 3 aromatic carbocycles. The molecule has 0 saturated heterocycles. The van der Waals surface area contributed by atoms with Gasteiger partial charge in [0.05, 0.1) is 114 Å². The minimum absolute atomic E-state index is 0.0208. The molecule has 0 saturated carbocycles. The number of alkyl carbamates (subject to hydrolysis) is 3. The van der Waals surface area contributed by atoms with Crippen LogP contribution in [0.1, 0.15) is 138 Å². The van der Waals surface area contributed by atoms with Crippen LogP contribution in [-0.4, -0.2) is 224 Å². The van der Waals surface area contributed by atoms with Gasteiger partial charge in [0.1, 0.15) is 65.4 Å². The Morgan fingerprint density at radius 1 is 0.402 bits per heavy atom. The Morgan fingerprint density at radius 3 is 1.33 bits per heavy atom. The number of ether oxygens (including phenoxy) is 11. The van der Waals surface area contributed by atoms with Crippen LogP contribution in [0.15, 0.2) is 108 Å². The number of thiophene rings is 6. The van der Waals surface area contributed by atoms with Gasteiger partial charge in [0, 0.05) is 133 Å². The van der Waals surface area contributed by atoms with Crippen molar-refractivity contribution in [1.82, 2.24) is 20.9 Å². The Bertz CT molecular complexity index is 5400. The number of para-hydroxylation sites is 1. The van der Waals surface area contributed by atoms with E-state index < -0.39 is 41.4 Å². The second-order valence-corrected chi connectivity index (χ2v) is 40.7. The van der Waals surface area contributed by atoms with Crippen LogP contribution in [0.3, 0.4) is 0 Å². The van der Waals surface area contributed by atoms with Crippen molar-refractivity contribution < 1.29 is 76.1 Å². The van der Waals surface area contributed by atoms with E-state index in [4.69, 9.17) is 86.9 Å². The highest BCUT2D eigenvalue weighted by molar-refractivity contribution is 7.39. The number of carbonyl (C=O) groups excluding carboxylic acids is 5. The molecule has 0 aliphatic carbocycles. The van der Waals surface area contributed by atoms with Crippen molar-refractivity contribution in [3.8, 4) is 28.6 Å². The highest BCUT2D eigenvalue weighted by Gasteiger charge is 2.24. The zero-order valence-corrected chi connectivity index (χ0v) is 84.6. The number of fused-ring (bicyclic) bond motifs is 7. The smallest absolute Gasteiger partial charge is 0.407 e. The van der Waals surface area contributed by atoms with E-state index in [0.29, 0.717) is 110 Å². The molecule has 26 nitrogen and oxygen atoms in total. The van der Waals surface area contributed by atoms with E-state index in [1.54, 1.807) is 110 Å². The molecule has 36 heteroatoms. The van der Waals surface area contributed by atoms with E-state index in [1.807, 2.05) is 122 Å². The summed E-state index contributed by atoms with van der Waals surface area (Å²) < 4.78 is 69.0. The third-order valence-electron chi connectivity index (χ3n) is 19.2. The number of alkyl halides is 3. The number of hydrogen-bond donors (Lipinski definition) is 3. The number of nitrogens with zero attached hydrogens (tertiary/aromatic N) is 7. The molecule has 0 aliphatic rings. The van der Waals surface area contributed by atoms with Crippen LogP contribution < -0.4 is 30.7 Å². The van der Waals surface area contributed by atoms with Crippen molar-refractivity contribution in [2.45, 2.75) is 130 Å². The Morgan fingerprint density at radius 2 is 0.833 bits per heavy atom. The fraction of sp³-hybridized carbons (Fsp3) is 0.490. The van der Waals surface area contributed by atoms with Gasteiger partial charge in [-0.15, -0.1) is 114 Å². The van der Waals surface area contributed by atoms with Gasteiger partial charge in [-0.25, -0.2) is 29.0 Å². The van der Waals surface area contributed by atoms with Crippen LogP contribution in [-0.2, 0) is 61.7 Å². The second kappa shape index (κ2) is 59.9. The van der Waals surface area contributed by atoms with E-state index in [-0.39, 0.29) is 31.0 Å². The summed E-state index contributed by atoms with van der Waals surface area (Å²) in [4.78, 5) is 75.1. The summed E-state index contributed by atoms with van der Waals surface area (Å²) in [5, 5.41) is 39.8. The van der Waals surface area contributed by atoms with Crippen LogP contribution in [0.25, 0.3) is 82.7 Å². The number of hydrogen-bond acceptors (Lipinski definition) is 30. The number of benzene rings is 3. The summed E-state index contributed by atoms with van der Waals surface area (Å²) in [6, 6.07) is 38.6. The fourth-order valence-electron chi connectivity index (χ4n) is 12.4. The van der Waals surface area contributed by atoms with Crippen molar-refractivity contribution in [2.24, 2.45) is 0 Å². The molecular weight excluding hydrogens is 1880 g/mol. The number of halogens is 3. The third kappa shape index (κ3) is 39.7. The van der Waals surface area contributed by atoms with Crippen molar-refractivity contribution in [1.29, 1.82) is 15.8 Å². The molecule has 7 heterocycles. The molecule has 0 spiro atoms. The van der Waals surface area contributed by atoms with Gasteiger partial charge < -0.3 is 82.8 Å². The number of amides is 3. The lowest BCUT2D eigenvalue weighted by molar-refractivity contribution is -0.150. The average Bonchev–Trinajstić information content (AvgIpc) is 1.61. The molecule has 714 valence electrons. The number of likely N-dealkylation sites (N-methyl/N-ethyl adjacent to an activating group) is 3. The zero-order chi connectivity index (χ0) is 94.9. The van der Waals surface area contributed by atoms with Gasteiger partial charge in [0.2, 0.25) is 0 Å². The molecule has 0 atom stereocenters. The number of unbranched alkanes of at least 4 members (excludes halogenated alkanes) is 9. The van der Waals surface area contributed by atoms with E-state index in [0.717, 1.165) is 185 Å². The summed E-state index contributed by atoms with van der Waals surface area (Å²) in [6.07, 6.45) is 16.8. The summed E-state index contributed by atoms with van der Waals surface area (Å²) in [5.41, 5.74) is 3.10. The number of rotatable bonds is 55. The lowest BCUT2D eigenvalue weighted by Gasteiger charge is -2.19. The topological polar surface area (TPSA) is 317 Å². The second-order valence-electron chi connectivity index (χ2n) is 32.0. The minimum Gasteiger partial charge on any atom is -0.456 e. The van der Waals surface area contributed by atoms with Gasteiger partial charge in [-0.2, -0.15) is 15.8 Å². The molecule has 10 aromatic rings. The van der Waals surface area contributed by atoms with Crippen LogP contribution in [0.5, 0.6) is 0 Å². The Hall–Kier alpha value is -8.74. The minimum atomic E-state index is -0.670. The normalized spacial score (nSPS) is 11.8. The summed E-state index contributed by atoms with van der Waals surface area (Å²) in [7, 11) is 5.89. The molecule has 0 unspecified atom stereocenters. The molecule has 0 bridgehead atoms. The number of esters is 2. The van der Waals surface area contributed by atoms with Gasteiger partial charge in [-0.1, -0.05) is 68.9 Å². The zero-order valence-electron chi connectivity index (χ0n) is 76.6. The highest BCUT2D eigenvalue weighted by atomic mass is 35.5. The first kappa shape index (κ1) is 109. The molecule has 10 rings (SSSR count). The van der Waals surface area contributed by atoms with Crippen molar-refractivity contribution >= 4 is 233 Å². The number of allylic oxidation sites excluding steroid dienone is 1. The quantitative estimate of drug-likeness (QED) is 0.00796. The SMILES string of the molecule is CN(CCOC(=O)NCCOCCOCCCCCCCl)c1cc2sc3cc(/C=C(\C#N)c4nc5ccccc5s4)sc3c2s1.CN(CCOC(=O)NCCOCCOCCCCCCCl)c1ccc(-c2ccc(/C=C(\C#N)C(=O)OC(C)(C)C)s2)cc1.CN(CCOC(=O)NCCOCCOCCCCCCCl)c1ccc2c(c1)sc1cc(/C=C(\C#N)C(=O)OC(C)(C)C)sc12. The van der Waals surface area contributed by atoms with Gasteiger partial charge in [-0.3, -0.25) is 0 Å². The lowest BCUT2D eigenvalue weighted by Crippen LogP contribution is -2.31. The molecule has 132 heavy (non-hydrogen) atoms. The number of nitrogens with one attached hydrogen (secondary N) is 3. The van der Waals surface area contributed by atoms with Crippen molar-refractivity contribution in [2.75, 3.05) is 192 Å². The molecule has 0 radical (unpaired) electrons. The van der Waals surface area contributed by atoms with Gasteiger partial charge >= 0.3 is 30.2 Å². The maximum atomic E-state index is 12.4. The maximum Gasteiger partial charge on any atom is 0.407 e. The highest BCUT2D eigenvalue weighted by Crippen LogP contribution is 2.47. The van der Waals surface area contributed by atoms with E-state index in [9.17, 15) is 39.8 Å². The number of thiazole rings is 1. The summed E-state index contributed by atoms with van der Waals surface area (Å²) >= 11 is 28.4. The largest absolute Gasteiger partial charge is 0.456 e. The first-order valence-corrected chi connectivity index (χ1v) is 51.4. The molecular formula is C96H121Cl3N10O16S7. The van der Waals surface area contributed by atoms with Crippen molar-refractivity contribution in [3.63, 3.8) is 0 Å². The Labute approximate surface area is 817 Å². The maximum absolute atomic E-state index is 12.4. The first-order chi connectivity index (χ1) is 63.8. The summed E-state index contributed by atoms with van der Waals surface area (Å²) in [5.74, 6) is 0.901. The van der Waals surface area contributed by atoms with Crippen molar-refractivity contribution in [3.05, 3.63) is 128 Å². The Balaban J connectivity index is 0.000000244. The van der Waals surface area contributed by atoms with Crippen LogP contribution in [0.2, 0.25) is 0 Å². The number of nitriles is 3. The predicted molar refractivity (Wildman–Crippen MR) is 544 cm³/mol. The van der Waals surface area contributed by atoms with Gasteiger partial charge in [-0.05, 0) is 171 Å². The van der Waals surface area contributed by atoms with E-state index in [2.05, 4.69) is 56.2 Å². The van der Waals surface area contributed by atoms with Crippen LogP contribution >= 0.6 is 114 Å². The predicted octanol–water partition coefficient (Wildman–Crippen LogP) is 22.9. The van der Waals surface area contributed by atoms with Gasteiger partial charge in [0.15, 0.2) is 0 Å².